The van der Waals surface area contributed by atoms with Crippen molar-refractivity contribution < 1.29 is 23.5 Å². The summed E-state index contributed by atoms with van der Waals surface area (Å²) in [6.07, 6.45) is 6.68. The summed E-state index contributed by atoms with van der Waals surface area (Å²) < 4.78 is 24.9. The highest BCUT2D eigenvalue weighted by molar-refractivity contribution is 6.31. The van der Waals surface area contributed by atoms with Gasteiger partial charge >= 0.3 is 0 Å². The molecule has 1 saturated heterocycles. The van der Waals surface area contributed by atoms with Gasteiger partial charge in [0.1, 0.15) is 5.75 Å². The van der Waals surface area contributed by atoms with Gasteiger partial charge in [0.25, 0.3) is 11.8 Å². The highest BCUT2D eigenvalue weighted by Crippen LogP contribution is 2.37. The van der Waals surface area contributed by atoms with E-state index in [1.165, 1.54) is 19.2 Å². The minimum atomic E-state index is -0.547. The number of likely N-dealkylation sites (tertiary alicyclic amines) is 1. The highest BCUT2D eigenvalue weighted by atomic mass is 35.5. The molecule has 1 spiro atoms. The van der Waals surface area contributed by atoms with Crippen molar-refractivity contribution in [3.05, 3.63) is 58.4 Å². The van der Waals surface area contributed by atoms with Crippen molar-refractivity contribution in [1.29, 1.82) is 0 Å². The molecule has 0 unspecified atom stereocenters. The van der Waals surface area contributed by atoms with E-state index in [2.05, 4.69) is 5.32 Å². The Labute approximate surface area is 210 Å². The first-order chi connectivity index (χ1) is 16.9. The summed E-state index contributed by atoms with van der Waals surface area (Å²) in [4.78, 5) is 27.9. The number of ether oxygens (including phenoxy) is 2. The molecular formula is C27H32ClFN2O4. The maximum Gasteiger partial charge on any atom is 0.255 e. The van der Waals surface area contributed by atoms with Gasteiger partial charge in [-0.2, -0.15) is 0 Å². The minimum Gasteiger partial charge on any atom is -0.494 e. The summed E-state index contributed by atoms with van der Waals surface area (Å²) >= 11 is 6.16. The van der Waals surface area contributed by atoms with E-state index in [4.69, 9.17) is 21.1 Å². The van der Waals surface area contributed by atoms with Crippen molar-refractivity contribution in [2.75, 3.05) is 33.4 Å². The van der Waals surface area contributed by atoms with Crippen LogP contribution in [0.5, 0.6) is 11.5 Å². The lowest BCUT2D eigenvalue weighted by Crippen LogP contribution is -2.48. The van der Waals surface area contributed by atoms with Gasteiger partial charge in [-0.25, -0.2) is 4.39 Å². The van der Waals surface area contributed by atoms with Crippen LogP contribution in [0.4, 0.5) is 4.39 Å². The van der Waals surface area contributed by atoms with Crippen LogP contribution in [0.3, 0.4) is 0 Å². The lowest BCUT2D eigenvalue weighted by atomic mass is 9.74. The summed E-state index contributed by atoms with van der Waals surface area (Å²) in [7, 11) is 1.40. The molecule has 6 nitrogen and oxygen atoms in total. The van der Waals surface area contributed by atoms with Crippen LogP contribution in [0.15, 0.2) is 36.4 Å². The van der Waals surface area contributed by atoms with Crippen LogP contribution in [0.1, 0.15) is 65.7 Å². The molecule has 2 aliphatic heterocycles. The fraction of sp³-hybridized carbons (Fsp3) is 0.481. The van der Waals surface area contributed by atoms with Crippen molar-refractivity contribution in [1.82, 2.24) is 10.2 Å². The maximum absolute atomic E-state index is 14.1. The number of nitrogens with zero attached hydrogens (tertiary/aromatic N) is 1. The average Bonchev–Trinajstić information content (AvgIpc) is 2.88. The molecule has 2 aromatic carbocycles. The van der Waals surface area contributed by atoms with Crippen LogP contribution in [-0.2, 0) is 0 Å². The van der Waals surface area contributed by atoms with Gasteiger partial charge in [-0.3, -0.25) is 9.59 Å². The lowest BCUT2D eigenvalue weighted by Gasteiger charge is -2.42. The number of piperidine rings is 1. The average molecular weight is 503 g/mol. The molecule has 0 aliphatic carbocycles. The Morgan fingerprint density at radius 3 is 2.60 bits per heavy atom. The second kappa shape index (κ2) is 11.3. The molecule has 188 valence electrons. The molecule has 0 bridgehead atoms. The Kier molecular flexibility index (Phi) is 8.16. The molecule has 2 heterocycles. The highest BCUT2D eigenvalue weighted by Gasteiger charge is 2.36. The smallest absolute Gasteiger partial charge is 0.255 e. The standard InChI is InChI=1S/C27H32ClFN2O4/c1-34-24-8-6-19(16-22(24)29)26(33)31-13-11-27(12-14-31)10-4-2-3-5-15-35-23-9-7-20(28)17-21(23)25(32)30-18-27/h6-9,16-17H,2-5,10-15,18H2,1H3,(H,30,32). The molecule has 0 radical (unpaired) electrons. The van der Waals surface area contributed by atoms with E-state index < -0.39 is 5.82 Å². The van der Waals surface area contributed by atoms with E-state index in [-0.39, 0.29) is 23.0 Å². The summed E-state index contributed by atoms with van der Waals surface area (Å²) in [6, 6.07) is 9.43. The number of halogens is 2. The molecule has 0 atom stereocenters. The van der Waals surface area contributed by atoms with Crippen molar-refractivity contribution in [3.8, 4) is 11.5 Å². The normalized spacial score (nSPS) is 18.8. The van der Waals surface area contributed by atoms with Crippen LogP contribution < -0.4 is 14.8 Å². The van der Waals surface area contributed by atoms with Gasteiger partial charge < -0.3 is 19.7 Å². The summed E-state index contributed by atoms with van der Waals surface area (Å²) in [6.45, 7) is 2.22. The lowest BCUT2D eigenvalue weighted by molar-refractivity contribution is 0.0535. The van der Waals surface area contributed by atoms with Gasteiger partial charge in [0.05, 0.1) is 19.3 Å². The number of methoxy groups -OCH3 is 1. The molecule has 0 saturated carbocycles. The number of rotatable bonds is 2. The van der Waals surface area contributed by atoms with Gasteiger partial charge in [0, 0.05) is 30.2 Å². The van der Waals surface area contributed by atoms with Crippen molar-refractivity contribution in [3.63, 3.8) is 0 Å². The number of amides is 2. The number of hydrogen-bond donors (Lipinski definition) is 1. The van der Waals surface area contributed by atoms with E-state index in [1.807, 2.05) is 0 Å². The third kappa shape index (κ3) is 6.07. The Hall–Kier alpha value is -2.80. The van der Waals surface area contributed by atoms with Gasteiger partial charge in [-0.1, -0.05) is 30.9 Å². The number of carbonyl (C=O) groups is 2. The van der Waals surface area contributed by atoms with Crippen molar-refractivity contribution >= 4 is 23.4 Å². The zero-order valence-electron chi connectivity index (χ0n) is 20.1. The quantitative estimate of drug-likeness (QED) is 0.590. The monoisotopic (exact) mass is 502 g/mol. The zero-order chi connectivity index (χ0) is 24.8. The van der Waals surface area contributed by atoms with Crippen LogP contribution in [0.2, 0.25) is 5.02 Å². The molecule has 2 amide bonds. The number of fused-ring (bicyclic) bond motifs is 1. The molecule has 35 heavy (non-hydrogen) atoms. The first kappa shape index (κ1) is 25.3. The molecule has 1 N–H and O–H groups in total. The summed E-state index contributed by atoms with van der Waals surface area (Å²) in [5.74, 6) is -0.266. The first-order valence-corrected chi connectivity index (χ1v) is 12.6. The molecule has 2 aromatic rings. The van der Waals surface area contributed by atoms with Crippen LogP contribution in [0.25, 0.3) is 0 Å². The number of benzene rings is 2. The fourth-order valence-corrected chi connectivity index (χ4v) is 5.16. The van der Waals surface area contributed by atoms with Gasteiger partial charge in [-0.15, -0.1) is 0 Å². The molecule has 0 aromatic heterocycles. The van der Waals surface area contributed by atoms with Crippen molar-refractivity contribution in [2.24, 2.45) is 5.41 Å². The third-order valence-corrected chi connectivity index (χ3v) is 7.41. The molecule has 2 aliphatic rings. The Balaban J connectivity index is 1.46. The Bertz CT molecular complexity index is 1070. The van der Waals surface area contributed by atoms with E-state index >= 15 is 0 Å². The molecular weight excluding hydrogens is 471 g/mol. The summed E-state index contributed by atoms with van der Waals surface area (Å²) in [5.41, 5.74) is 0.669. The SMILES string of the molecule is COc1ccc(C(=O)N2CCC3(CCCCCCOc4ccc(Cl)cc4C(=O)NC3)CC2)cc1F. The van der Waals surface area contributed by atoms with Crippen LogP contribution in [-0.4, -0.2) is 50.1 Å². The van der Waals surface area contributed by atoms with Gasteiger partial charge in [0.2, 0.25) is 0 Å². The minimum absolute atomic E-state index is 0.0920. The van der Waals surface area contributed by atoms with E-state index in [9.17, 15) is 14.0 Å². The second-order valence-corrected chi connectivity index (χ2v) is 9.91. The maximum atomic E-state index is 14.1. The molecule has 4 rings (SSSR count). The van der Waals surface area contributed by atoms with E-state index in [1.54, 1.807) is 29.2 Å². The molecule has 8 heteroatoms. The fourth-order valence-electron chi connectivity index (χ4n) is 4.99. The number of hydrogen-bond acceptors (Lipinski definition) is 4. The predicted molar refractivity (Wildman–Crippen MR) is 133 cm³/mol. The third-order valence-electron chi connectivity index (χ3n) is 7.18. The number of nitrogens with one attached hydrogen (secondary N) is 1. The zero-order valence-corrected chi connectivity index (χ0v) is 20.8. The Morgan fingerprint density at radius 2 is 1.86 bits per heavy atom. The largest absolute Gasteiger partial charge is 0.494 e. The molecule has 1 fully saturated rings. The van der Waals surface area contributed by atoms with Crippen LogP contribution in [0, 0.1) is 11.2 Å². The van der Waals surface area contributed by atoms with Crippen molar-refractivity contribution in [2.45, 2.75) is 44.9 Å². The number of carbonyl (C=O) groups excluding carboxylic acids is 2. The topological polar surface area (TPSA) is 67.9 Å². The van der Waals surface area contributed by atoms with Gasteiger partial charge in [0.15, 0.2) is 11.6 Å². The predicted octanol–water partition coefficient (Wildman–Crippen LogP) is 5.48. The van der Waals surface area contributed by atoms with Crippen LogP contribution >= 0.6 is 11.6 Å². The first-order valence-electron chi connectivity index (χ1n) is 12.2. The van der Waals surface area contributed by atoms with Gasteiger partial charge in [-0.05, 0) is 67.5 Å². The summed E-state index contributed by atoms with van der Waals surface area (Å²) in [5, 5.41) is 3.61. The van der Waals surface area contributed by atoms with E-state index in [0.717, 1.165) is 44.9 Å². The van der Waals surface area contributed by atoms with E-state index in [0.29, 0.717) is 48.1 Å². The Morgan fingerprint density at radius 1 is 1.09 bits per heavy atom. The second-order valence-electron chi connectivity index (χ2n) is 9.48.